The van der Waals surface area contributed by atoms with E-state index in [0.717, 1.165) is 18.4 Å². The van der Waals surface area contributed by atoms with Gasteiger partial charge in [-0.25, -0.2) is 0 Å². The van der Waals surface area contributed by atoms with Gasteiger partial charge in [0, 0.05) is 19.7 Å². The lowest BCUT2D eigenvalue weighted by atomic mass is 10.0. The maximum Gasteiger partial charge on any atom is 0.249 e. The second-order valence-corrected chi connectivity index (χ2v) is 2.86. The Morgan fingerprint density at radius 3 is 2.73 bits per heavy atom. The maximum atomic E-state index is 11.3. The summed E-state index contributed by atoms with van der Waals surface area (Å²) in [5, 5.41) is 0. The lowest BCUT2D eigenvalue weighted by Crippen LogP contribution is -2.23. The highest BCUT2D eigenvalue weighted by Gasteiger charge is 2.10. The zero-order chi connectivity index (χ0) is 8.27. The second kappa shape index (κ2) is 3.37. The van der Waals surface area contributed by atoms with Gasteiger partial charge in [0.1, 0.15) is 0 Å². The van der Waals surface area contributed by atoms with Gasteiger partial charge in [-0.1, -0.05) is 18.2 Å². The molecule has 0 bridgehead atoms. The molecule has 0 aliphatic heterocycles. The second-order valence-electron chi connectivity index (χ2n) is 2.86. The van der Waals surface area contributed by atoms with Crippen LogP contribution in [-0.2, 0) is 4.79 Å². The Morgan fingerprint density at radius 2 is 2.27 bits per heavy atom. The molecule has 0 unspecified atom stereocenters. The summed E-state index contributed by atoms with van der Waals surface area (Å²) < 4.78 is 0. The van der Waals surface area contributed by atoms with Crippen LogP contribution in [0.25, 0.3) is 0 Å². The minimum absolute atomic E-state index is 0.134. The molecule has 1 amide bonds. The van der Waals surface area contributed by atoms with Gasteiger partial charge in [0.25, 0.3) is 0 Å². The predicted octanol–water partition coefficient (Wildman–Crippen LogP) is 1.35. The summed E-state index contributed by atoms with van der Waals surface area (Å²) in [5.74, 6) is 0.134. The third kappa shape index (κ3) is 1.93. The van der Waals surface area contributed by atoms with Crippen molar-refractivity contribution >= 4 is 5.91 Å². The number of carbonyl (C=O) groups is 1. The molecule has 0 saturated heterocycles. The number of hydrogen-bond donors (Lipinski definition) is 0. The van der Waals surface area contributed by atoms with E-state index in [9.17, 15) is 4.79 Å². The van der Waals surface area contributed by atoms with Gasteiger partial charge in [0.05, 0.1) is 0 Å². The summed E-state index contributed by atoms with van der Waals surface area (Å²) in [6.45, 7) is 0. The van der Waals surface area contributed by atoms with Crippen LogP contribution in [0.1, 0.15) is 12.8 Å². The minimum atomic E-state index is 0.134. The van der Waals surface area contributed by atoms with Gasteiger partial charge in [0.15, 0.2) is 0 Å². The van der Waals surface area contributed by atoms with Crippen LogP contribution in [0.5, 0.6) is 0 Å². The summed E-state index contributed by atoms with van der Waals surface area (Å²) in [6.07, 6.45) is 7.79. The van der Waals surface area contributed by atoms with E-state index in [-0.39, 0.29) is 5.91 Å². The number of rotatable bonds is 1. The van der Waals surface area contributed by atoms with Crippen molar-refractivity contribution in [2.24, 2.45) is 0 Å². The van der Waals surface area contributed by atoms with Crippen molar-refractivity contribution in [1.82, 2.24) is 4.90 Å². The first-order valence-electron chi connectivity index (χ1n) is 3.79. The predicted molar refractivity (Wildman–Crippen MR) is 45.2 cm³/mol. The summed E-state index contributed by atoms with van der Waals surface area (Å²) >= 11 is 0. The van der Waals surface area contributed by atoms with Gasteiger partial charge in [-0.3, -0.25) is 4.79 Å². The molecule has 0 spiro atoms. The average Bonchev–Trinajstić information content (AvgIpc) is 2.05. The van der Waals surface area contributed by atoms with Crippen molar-refractivity contribution in [1.29, 1.82) is 0 Å². The standard InChI is InChI=1S/C9H13NO/c1-10(2)9(11)8-6-4-3-5-7-8/h3-4,6H,5,7H2,1-2H3. The Kier molecular flexibility index (Phi) is 2.47. The van der Waals surface area contributed by atoms with Crippen molar-refractivity contribution in [3.05, 3.63) is 23.8 Å². The smallest absolute Gasteiger partial charge is 0.249 e. The highest BCUT2D eigenvalue weighted by molar-refractivity contribution is 5.93. The molecule has 11 heavy (non-hydrogen) atoms. The lowest BCUT2D eigenvalue weighted by Gasteiger charge is -2.13. The summed E-state index contributed by atoms with van der Waals surface area (Å²) in [4.78, 5) is 12.9. The molecular weight excluding hydrogens is 138 g/mol. The quantitative estimate of drug-likeness (QED) is 0.554. The Balaban J connectivity index is 2.66. The number of amides is 1. The molecule has 0 aromatic rings. The molecule has 1 aliphatic carbocycles. The highest BCUT2D eigenvalue weighted by Crippen LogP contribution is 2.12. The van der Waals surface area contributed by atoms with Crippen LogP contribution < -0.4 is 0 Å². The minimum Gasteiger partial charge on any atom is -0.345 e. The van der Waals surface area contributed by atoms with Crippen molar-refractivity contribution in [2.45, 2.75) is 12.8 Å². The first kappa shape index (κ1) is 8.05. The Labute approximate surface area is 67.2 Å². The van der Waals surface area contributed by atoms with E-state index in [4.69, 9.17) is 0 Å². The lowest BCUT2D eigenvalue weighted by molar-refractivity contribution is -0.124. The SMILES string of the molecule is CN(C)C(=O)C1=CC=CCC1. The molecule has 0 N–H and O–H groups in total. The summed E-state index contributed by atoms with van der Waals surface area (Å²) in [6, 6.07) is 0. The van der Waals surface area contributed by atoms with E-state index in [0.29, 0.717) is 0 Å². The molecule has 0 heterocycles. The fourth-order valence-corrected chi connectivity index (χ4v) is 1.07. The van der Waals surface area contributed by atoms with E-state index in [1.54, 1.807) is 19.0 Å². The molecular formula is C9H13NO. The summed E-state index contributed by atoms with van der Waals surface area (Å²) in [5.41, 5.74) is 0.914. The molecule has 0 aromatic heterocycles. The van der Waals surface area contributed by atoms with Crippen molar-refractivity contribution in [3.8, 4) is 0 Å². The molecule has 1 aliphatic rings. The zero-order valence-electron chi connectivity index (χ0n) is 7.00. The molecule has 0 radical (unpaired) electrons. The topological polar surface area (TPSA) is 20.3 Å². The molecule has 0 fully saturated rings. The normalized spacial score (nSPS) is 16.0. The van der Waals surface area contributed by atoms with E-state index >= 15 is 0 Å². The van der Waals surface area contributed by atoms with Crippen LogP contribution in [0.2, 0.25) is 0 Å². The fourth-order valence-electron chi connectivity index (χ4n) is 1.07. The molecule has 0 atom stereocenters. The van der Waals surface area contributed by atoms with Gasteiger partial charge < -0.3 is 4.90 Å². The third-order valence-electron chi connectivity index (χ3n) is 1.69. The fraction of sp³-hybridized carbons (Fsp3) is 0.444. The molecule has 2 heteroatoms. The maximum absolute atomic E-state index is 11.3. The first-order valence-corrected chi connectivity index (χ1v) is 3.79. The summed E-state index contributed by atoms with van der Waals surface area (Å²) in [7, 11) is 3.56. The first-order chi connectivity index (χ1) is 5.22. The van der Waals surface area contributed by atoms with Gasteiger partial charge >= 0.3 is 0 Å². The Bertz CT molecular complexity index is 214. The van der Waals surface area contributed by atoms with Crippen LogP contribution in [0.4, 0.5) is 0 Å². The largest absolute Gasteiger partial charge is 0.345 e. The van der Waals surface area contributed by atoms with Crippen molar-refractivity contribution in [2.75, 3.05) is 14.1 Å². The molecule has 0 saturated carbocycles. The molecule has 1 rings (SSSR count). The third-order valence-corrected chi connectivity index (χ3v) is 1.69. The van der Waals surface area contributed by atoms with Gasteiger partial charge in [-0.15, -0.1) is 0 Å². The molecule has 0 aromatic carbocycles. The Morgan fingerprint density at radius 1 is 1.55 bits per heavy atom. The number of nitrogens with zero attached hydrogens (tertiary/aromatic N) is 1. The van der Waals surface area contributed by atoms with Gasteiger partial charge in [-0.2, -0.15) is 0 Å². The van der Waals surface area contributed by atoms with Crippen LogP contribution >= 0.6 is 0 Å². The number of carbonyl (C=O) groups excluding carboxylic acids is 1. The zero-order valence-corrected chi connectivity index (χ0v) is 7.00. The van der Waals surface area contributed by atoms with Crippen LogP contribution in [0.15, 0.2) is 23.8 Å². The average molecular weight is 151 g/mol. The number of allylic oxidation sites excluding steroid dienone is 3. The molecule has 2 nitrogen and oxygen atoms in total. The van der Waals surface area contributed by atoms with E-state index in [2.05, 4.69) is 6.08 Å². The monoisotopic (exact) mass is 151 g/mol. The van der Waals surface area contributed by atoms with E-state index in [1.165, 1.54) is 0 Å². The highest BCUT2D eigenvalue weighted by atomic mass is 16.2. The van der Waals surface area contributed by atoms with Crippen molar-refractivity contribution in [3.63, 3.8) is 0 Å². The van der Waals surface area contributed by atoms with Crippen LogP contribution in [0, 0.1) is 0 Å². The van der Waals surface area contributed by atoms with E-state index in [1.807, 2.05) is 12.2 Å². The molecule has 60 valence electrons. The number of likely N-dealkylation sites (N-methyl/N-ethyl adjacent to an activating group) is 1. The van der Waals surface area contributed by atoms with Crippen LogP contribution in [0.3, 0.4) is 0 Å². The van der Waals surface area contributed by atoms with E-state index < -0.39 is 0 Å². The Hall–Kier alpha value is -1.05. The van der Waals surface area contributed by atoms with Crippen molar-refractivity contribution < 1.29 is 4.79 Å². The number of hydrogen-bond acceptors (Lipinski definition) is 1. The van der Waals surface area contributed by atoms with Crippen LogP contribution in [-0.4, -0.2) is 24.9 Å². The van der Waals surface area contributed by atoms with Gasteiger partial charge in [0.2, 0.25) is 5.91 Å². The van der Waals surface area contributed by atoms with Gasteiger partial charge in [-0.05, 0) is 12.8 Å².